The summed E-state index contributed by atoms with van der Waals surface area (Å²) in [5.41, 5.74) is 0.919. The molecule has 0 radical (unpaired) electrons. The number of pyridine rings is 1. The monoisotopic (exact) mass is 310 g/mol. The van der Waals surface area contributed by atoms with Crippen molar-refractivity contribution in [3.63, 3.8) is 0 Å². The van der Waals surface area contributed by atoms with E-state index >= 15 is 0 Å². The number of hydrogen-bond acceptors (Lipinski definition) is 4. The van der Waals surface area contributed by atoms with Gasteiger partial charge >= 0.3 is 0 Å². The maximum absolute atomic E-state index is 6.31. The molecule has 2 aliphatic heterocycles. The first-order valence-electron chi connectivity index (χ1n) is 8.82. The number of rotatable bonds is 2. The Bertz CT molecular complexity index is 712. The fourth-order valence-electron chi connectivity index (χ4n) is 4.71. The SMILES string of the molecule is c1cnc2c(O[C@H]3OC4CCCC5CCCN3C54)cccc2c1. The molecule has 2 aromatic rings. The summed E-state index contributed by atoms with van der Waals surface area (Å²) in [5.74, 6) is 1.62. The first kappa shape index (κ1) is 13.8. The molecule has 4 nitrogen and oxygen atoms in total. The fraction of sp³-hybridized carbons (Fsp3) is 0.526. The molecule has 1 saturated carbocycles. The second kappa shape index (κ2) is 5.46. The van der Waals surface area contributed by atoms with Crippen LogP contribution in [0.2, 0.25) is 0 Å². The highest BCUT2D eigenvalue weighted by atomic mass is 16.7. The Morgan fingerprint density at radius 3 is 3.00 bits per heavy atom. The molecule has 4 atom stereocenters. The predicted molar refractivity (Wildman–Crippen MR) is 88.1 cm³/mol. The summed E-state index contributed by atoms with van der Waals surface area (Å²) < 4.78 is 12.6. The molecule has 0 N–H and O–H groups in total. The number of aromatic nitrogens is 1. The van der Waals surface area contributed by atoms with Crippen molar-refractivity contribution in [2.45, 2.75) is 50.7 Å². The lowest BCUT2D eigenvalue weighted by molar-refractivity contribution is -0.132. The van der Waals surface area contributed by atoms with E-state index in [-0.39, 0.29) is 6.41 Å². The van der Waals surface area contributed by atoms with Crippen molar-refractivity contribution >= 4 is 10.9 Å². The highest BCUT2D eigenvalue weighted by Gasteiger charge is 2.50. The van der Waals surface area contributed by atoms with Gasteiger partial charge in [0, 0.05) is 24.2 Å². The van der Waals surface area contributed by atoms with Crippen molar-refractivity contribution in [3.05, 3.63) is 36.5 Å². The Kier molecular flexibility index (Phi) is 3.27. The van der Waals surface area contributed by atoms with Crippen LogP contribution in [0.1, 0.15) is 32.1 Å². The zero-order valence-corrected chi connectivity index (χ0v) is 13.2. The molecule has 4 heteroatoms. The first-order valence-corrected chi connectivity index (χ1v) is 8.82. The lowest BCUT2D eigenvalue weighted by atomic mass is 9.77. The van der Waals surface area contributed by atoms with Gasteiger partial charge < -0.3 is 9.47 Å². The molecular formula is C19H22N2O2. The second-order valence-electron chi connectivity index (χ2n) is 6.99. The minimum Gasteiger partial charge on any atom is -0.449 e. The zero-order chi connectivity index (χ0) is 15.2. The van der Waals surface area contributed by atoms with Crippen molar-refractivity contribution in [2.24, 2.45) is 5.92 Å². The Labute approximate surface area is 136 Å². The fourth-order valence-corrected chi connectivity index (χ4v) is 4.71. The molecule has 120 valence electrons. The van der Waals surface area contributed by atoms with Gasteiger partial charge in [0.1, 0.15) is 5.52 Å². The van der Waals surface area contributed by atoms with Crippen LogP contribution in [-0.2, 0) is 4.74 Å². The van der Waals surface area contributed by atoms with Crippen LogP contribution >= 0.6 is 0 Å². The number of ether oxygens (including phenoxy) is 2. The summed E-state index contributed by atoms with van der Waals surface area (Å²) >= 11 is 0. The molecule has 3 aliphatic rings. The molecule has 0 bridgehead atoms. The topological polar surface area (TPSA) is 34.6 Å². The third-order valence-corrected chi connectivity index (χ3v) is 5.69. The van der Waals surface area contributed by atoms with E-state index in [0.29, 0.717) is 12.1 Å². The van der Waals surface area contributed by atoms with Crippen molar-refractivity contribution < 1.29 is 9.47 Å². The smallest absolute Gasteiger partial charge is 0.262 e. The van der Waals surface area contributed by atoms with Crippen molar-refractivity contribution in [1.82, 2.24) is 9.88 Å². The maximum atomic E-state index is 6.31. The summed E-state index contributed by atoms with van der Waals surface area (Å²) in [6, 6.07) is 10.7. The van der Waals surface area contributed by atoms with Gasteiger partial charge in [0.15, 0.2) is 5.75 Å². The summed E-state index contributed by atoms with van der Waals surface area (Å²) in [6.07, 6.45) is 8.34. The van der Waals surface area contributed by atoms with Crippen LogP contribution < -0.4 is 4.74 Å². The van der Waals surface area contributed by atoms with Crippen LogP contribution in [0.25, 0.3) is 10.9 Å². The van der Waals surface area contributed by atoms with Gasteiger partial charge in [-0.15, -0.1) is 0 Å². The predicted octanol–water partition coefficient (Wildman–Crippen LogP) is 3.56. The highest BCUT2D eigenvalue weighted by molar-refractivity contribution is 5.84. The highest BCUT2D eigenvalue weighted by Crippen LogP contribution is 2.43. The normalized spacial score (nSPS) is 33.6. The average Bonchev–Trinajstić information content (AvgIpc) is 2.95. The van der Waals surface area contributed by atoms with Crippen LogP contribution in [0.3, 0.4) is 0 Å². The van der Waals surface area contributed by atoms with Crippen LogP contribution in [0.15, 0.2) is 36.5 Å². The van der Waals surface area contributed by atoms with E-state index in [1.807, 2.05) is 24.4 Å². The first-order chi connectivity index (χ1) is 11.4. The van der Waals surface area contributed by atoms with E-state index in [4.69, 9.17) is 9.47 Å². The largest absolute Gasteiger partial charge is 0.449 e. The van der Waals surface area contributed by atoms with Crippen LogP contribution in [0.5, 0.6) is 5.75 Å². The third kappa shape index (κ3) is 2.24. The molecule has 3 fully saturated rings. The molecule has 23 heavy (non-hydrogen) atoms. The summed E-state index contributed by atoms with van der Waals surface area (Å²) in [5, 5.41) is 1.11. The molecule has 0 amide bonds. The van der Waals surface area contributed by atoms with Gasteiger partial charge in [-0.2, -0.15) is 0 Å². The van der Waals surface area contributed by atoms with Gasteiger partial charge in [0.05, 0.1) is 6.10 Å². The number of piperidine rings is 1. The molecule has 1 aromatic heterocycles. The molecule has 1 aromatic carbocycles. The van der Waals surface area contributed by atoms with E-state index in [2.05, 4.69) is 22.0 Å². The van der Waals surface area contributed by atoms with E-state index in [1.54, 1.807) is 0 Å². The quantitative estimate of drug-likeness (QED) is 0.849. The Morgan fingerprint density at radius 1 is 1.09 bits per heavy atom. The molecule has 3 unspecified atom stereocenters. The second-order valence-corrected chi connectivity index (χ2v) is 6.99. The summed E-state index contributed by atoms with van der Waals surface area (Å²) in [6.45, 7) is 1.08. The third-order valence-electron chi connectivity index (χ3n) is 5.69. The lowest BCUT2D eigenvalue weighted by Crippen LogP contribution is -2.50. The molecule has 5 rings (SSSR count). The Balaban J connectivity index is 1.46. The number of fused-ring (bicyclic) bond motifs is 1. The van der Waals surface area contributed by atoms with E-state index < -0.39 is 0 Å². The molecular weight excluding hydrogens is 288 g/mol. The minimum absolute atomic E-state index is 0.251. The Hall–Kier alpha value is -1.65. The summed E-state index contributed by atoms with van der Waals surface area (Å²) in [4.78, 5) is 6.95. The van der Waals surface area contributed by atoms with Crippen LogP contribution in [0.4, 0.5) is 0 Å². The van der Waals surface area contributed by atoms with Crippen LogP contribution in [0, 0.1) is 5.92 Å². The van der Waals surface area contributed by atoms with Crippen molar-refractivity contribution in [2.75, 3.05) is 6.54 Å². The van der Waals surface area contributed by atoms with E-state index in [9.17, 15) is 0 Å². The molecule has 0 spiro atoms. The van der Waals surface area contributed by atoms with Gasteiger partial charge in [-0.3, -0.25) is 4.98 Å². The van der Waals surface area contributed by atoms with Gasteiger partial charge in [-0.05, 0) is 43.7 Å². The van der Waals surface area contributed by atoms with Crippen molar-refractivity contribution in [1.29, 1.82) is 0 Å². The average molecular weight is 310 g/mol. The Morgan fingerprint density at radius 2 is 2.00 bits per heavy atom. The number of benzene rings is 1. The van der Waals surface area contributed by atoms with Crippen LogP contribution in [-0.4, -0.2) is 35.0 Å². The molecule has 3 heterocycles. The number of nitrogens with zero attached hydrogens (tertiary/aromatic N) is 2. The van der Waals surface area contributed by atoms with Crippen molar-refractivity contribution in [3.8, 4) is 5.75 Å². The molecule has 1 aliphatic carbocycles. The molecule has 2 saturated heterocycles. The maximum Gasteiger partial charge on any atom is 0.262 e. The van der Waals surface area contributed by atoms with E-state index in [1.165, 1.54) is 32.1 Å². The van der Waals surface area contributed by atoms with Gasteiger partial charge in [0.2, 0.25) is 0 Å². The standard InChI is InChI=1S/C19H22N2O2/c1-5-13-7-3-11-20-17(13)15(9-1)22-19-21-12-4-8-14-6-2-10-16(23-19)18(14)21/h1,3,5,7,9,11,14,16,18-19H,2,4,6,8,10,12H2/t14?,16?,18?,19-/m0/s1. The number of hydrogen-bond donors (Lipinski definition) is 0. The zero-order valence-electron chi connectivity index (χ0n) is 13.2. The minimum atomic E-state index is -0.251. The number of para-hydroxylation sites is 1. The lowest BCUT2D eigenvalue weighted by Gasteiger charge is -2.41. The van der Waals surface area contributed by atoms with E-state index in [0.717, 1.165) is 29.1 Å². The van der Waals surface area contributed by atoms with Gasteiger partial charge in [-0.25, -0.2) is 4.90 Å². The van der Waals surface area contributed by atoms with Gasteiger partial charge in [-0.1, -0.05) is 24.6 Å². The summed E-state index contributed by atoms with van der Waals surface area (Å²) in [7, 11) is 0. The van der Waals surface area contributed by atoms with Gasteiger partial charge in [0.25, 0.3) is 6.41 Å².